The SMILES string of the molecule is COC(=O)C1=C(CN2CC(F)(F)C3C2C=NN3C(=O)CC(C)(C)C(=O)O)NC(c2nccs2)=NC1c1ccc(F)cc1Cl. The summed E-state index contributed by atoms with van der Waals surface area (Å²) < 4.78 is 50.0. The van der Waals surface area contributed by atoms with Crippen molar-refractivity contribution < 1.29 is 37.4 Å². The number of amides is 1. The van der Waals surface area contributed by atoms with Crippen LogP contribution in [0, 0.1) is 11.2 Å². The molecular weight excluding hydrogens is 613 g/mol. The van der Waals surface area contributed by atoms with Gasteiger partial charge in [-0.2, -0.15) is 5.10 Å². The molecule has 1 fully saturated rings. The predicted octanol–water partition coefficient (Wildman–Crippen LogP) is 3.47. The maximum absolute atomic E-state index is 15.5. The maximum Gasteiger partial charge on any atom is 0.338 e. The lowest BCUT2D eigenvalue weighted by atomic mass is 9.89. The number of methoxy groups -OCH3 is 1. The molecule has 11 nitrogen and oxygen atoms in total. The predicted molar refractivity (Wildman–Crippen MR) is 150 cm³/mol. The molecule has 16 heteroatoms. The second kappa shape index (κ2) is 11.4. The Hall–Kier alpha value is -3.82. The summed E-state index contributed by atoms with van der Waals surface area (Å²) in [5.74, 6) is -6.72. The zero-order valence-corrected chi connectivity index (χ0v) is 24.6. The van der Waals surface area contributed by atoms with Gasteiger partial charge in [0.15, 0.2) is 10.8 Å². The maximum atomic E-state index is 15.5. The molecule has 3 aliphatic heterocycles. The van der Waals surface area contributed by atoms with Crippen LogP contribution in [-0.2, 0) is 19.1 Å². The molecule has 3 unspecified atom stereocenters. The van der Waals surface area contributed by atoms with Gasteiger partial charge in [-0.25, -0.2) is 28.0 Å². The number of amidine groups is 1. The molecule has 0 spiro atoms. The fourth-order valence-electron chi connectivity index (χ4n) is 5.22. The number of aromatic nitrogens is 1. The van der Waals surface area contributed by atoms with Gasteiger partial charge in [0.05, 0.1) is 30.7 Å². The van der Waals surface area contributed by atoms with Crippen LogP contribution < -0.4 is 5.32 Å². The molecule has 0 radical (unpaired) electrons. The van der Waals surface area contributed by atoms with Crippen LogP contribution in [0.15, 0.2) is 51.1 Å². The third-order valence-corrected chi connectivity index (χ3v) is 8.52. The van der Waals surface area contributed by atoms with Crippen molar-refractivity contribution in [3.63, 3.8) is 0 Å². The molecule has 43 heavy (non-hydrogen) atoms. The van der Waals surface area contributed by atoms with E-state index in [1.807, 2.05) is 0 Å². The number of thiazole rings is 1. The van der Waals surface area contributed by atoms with E-state index in [1.165, 1.54) is 42.4 Å². The van der Waals surface area contributed by atoms with E-state index in [9.17, 15) is 23.9 Å². The molecule has 0 saturated carbocycles. The summed E-state index contributed by atoms with van der Waals surface area (Å²) in [6.07, 6.45) is 2.22. The van der Waals surface area contributed by atoms with E-state index in [-0.39, 0.29) is 34.2 Å². The van der Waals surface area contributed by atoms with Gasteiger partial charge in [0, 0.05) is 47.0 Å². The second-order valence-electron chi connectivity index (χ2n) is 10.9. The Bertz CT molecular complexity index is 1560. The number of rotatable bonds is 8. The number of nitrogens with zero attached hydrogens (tertiary/aromatic N) is 5. The van der Waals surface area contributed by atoms with Crippen molar-refractivity contribution in [1.82, 2.24) is 20.2 Å². The van der Waals surface area contributed by atoms with Gasteiger partial charge in [-0.05, 0) is 26.0 Å². The Morgan fingerprint density at radius 3 is 2.67 bits per heavy atom. The highest BCUT2D eigenvalue weighted by atomic mass is 35.5. The first-order chi connectivity index (χ1) is 20.2. The van der Waals surface area contributed by atoms with Gasteiger partial charge in [0.25, 0.3) is 5.92 Å². The molecule has 1 aromatic heterocycles. The Morgan fingerprint density at radius 1 is 1.30 bits per heavy atom. The van der Waals surface area contributed by atoms with Crippen LogP contribution in [0.3, 0.4) is 0 Å². The normalized spacial score (nSPS) is 23.2. The molecule has 4 heterocycles. The Balaban J connectivity index is 1.51. The van der Waals surface area contributed by atoms with Crippen LogP contribution >= 0.6 is 22.9 Å². The van der Waals surface area contributed by atoms with Gasteiger partial charge in [0.2, 0.25) is 5.91 Å². The van der Waals surface area contributed by atoms with Gasteiger partial charge < -0.3 is 15.2 Å². The van der Waals surface area contributed by atoms with Crippen molar-refractivity contribution in [2.45, 2.75) is 44.3 Å². The van der Waals surface area contributed by atoms with E-state index in [0.717, 1.165) is 19.2 Å². The minimum Gasteiger partial charge on any atom is -0.481 e. The van der Waals surface area contributed by atoms with Crippen LogP contribution in [0.25, 0.3) is 0 Å². The number of carbonyl (C=O) groups excluding carboxylic acids is 2. The number of aliphatic carboxylic acids is 1. The molecule has 0 aliphatic carbocycles. The number of esters is 1. The van der Waals surface area contributed by atoms with E-state index in [4.69, 9.17) is 16.3 Å². The molecule has 3 atom stereocenters. The Kier molecular flexibility index (Phi) is 8.09. The smallest absolute Gasteiger partial charge is 0.338 e. The molecule has 2 aromatic rings. The average molecular weight is 639 g/mol. The number of likely N-dealkylation sites (tertiary alicyclic amines) is 1. The number of alkyl halides is 2. The second-order valence-corrected chi connectivity index (χ2v) is 12.2. The third kappa shape index (κ3) is 5.76. The zero-order chi connectivity index (χ0) is 31.3. The molecule has 1 saturated heterocycles. The topological polar surface area (TPSA) is 137 Å². The minimum atomic E-state index is -3.43. The standard InChI is InChI=1S/C27H26ClF3N6O5S/c1-26(2,25(40)41)9-18(38)37-21-17(10-33-37)36(12-27(21,30)31)11-16-19(24(39)42-3)20(14-5-4-13(29)8-15(14)28)35-22(34-16)23-32-6-7-43-23/h4-8,10,17,20-21H,9,11-12H2,1-3H3,(H,34,35)(H,40,41). The fraction of sp³-hybridized carbons (Fsp3) is 0.407. The largest absolute Gasteiger partial charge is 0.481 e. The number of benzene rings is 1. The van der Waals surface area contributed by atoms with E-state index < -0.39 is 66.1 Å². The summed E-state index contributed by atoms with van der Waals surface area (Å²) in [7, 11) is 1.15. The van der Waals surface area contributed by atoms with Crippen LogP contribution in [0.1, 0.15) is 36.9 Å². The highest BCUT2D eigenvalue weighted by Crippen LogP contribution is 2.42. The molecule has 1 aromatic carbocycles. The van der Waals surface area contributed by atoms with Gasteiger partial charge in [0.1, 0.15) is 17.9 Å². The van der Waals surface area contributed by atoms with E-state index in [2.05, 4.69) is 20.4 Å². The number of carboxylic acids is 1. The van der Waals surface area contributed by atoms with Crippen molar-refractivity contribution in [1.29, 1.82) is 0 Å². The van der Waals surface area contributed by atoms with Gasteiger partial charge in [-0.1, -0.05) is 17.7 Å². The summed E-state index contributed by atoms with van der Waals surface area (Å²) in [6, 6.07) is -0.232. The first-order valence-corrected chi connectivity index (χ1v) is 14.2. The van der Waals surface area contributed by atoms with Gasteiger partial charge in [-0.15, -0.1) is 11.3 Å². The molecular formula is C27H26ClF3N6O5S. The van der Waals surface area contributed by atoms with Crippen molar-refractivity contribution in [2.24, 2.45) is 15.5 Å². The number of hydrogen-bond acceptors (Lipinski definition) is 10. The zero-order valence-electron chi connectivity index (χ0n) is 23.1. The molecule has 5 rings (SSSR count). The van der Waals surface area contributed by atoms with Crippen molar-refractivity contribution in [2.75, 3.05) is 20.2 Å². The summed E-state index contributed by atoms with van der Waals surface area (Å²) in [5, 5.41) is 19.2. The first kappa shape index (κ1) is 30.6. The summed E-state index contributed by atoms with van der Waals surface area (Å²) in [4.78, 5) is 47.9. The van der Waals surface area contributed by atoms with Crippen molar-refractivity contribution in [3.05, 3.63) is 62.5 Å². The quantitative estimate of drug-likeness (QED) is 0.420. The monoisotopic (exact) mass is 638 g/mol. The fourth-order valence-corrected chi connectivity index (χ4v) is 6.08. The molecule has 2 N–H and O–H groups in total. The third-order valence-electron chi connectivity index (χ3n) is 7.41. The number of aliphatic imine (C=N–C) groups is 1. The number of halogens is 4. The summed E-state index contributed by atoms with van der Waals surface area (Å²) in [6.45, 7) is 1.59. The highest BCUT2D eigenvalue weighted by Gasteiger charge is 2.60. The van der Waals surface area contributed by atoms with Crippen molar-refractivity contribution in [3.8, 4) is 0 Å². The Morgan fingerprint density at radius 2 is 2.05 bits per heavy atom. The van der Waals surface area contributed by atoms with Crippen LogP contribution in [0.4, 0.5) is 13.2 Å². The van der Waals surface area contributed by atoms with Crippen LogP contribution in [0.2, 0.25) is 5.02 Å². The number of hydrazone groups is 1. The molecule has 3 aliphatic rings. The van der Waals surface area contributed by atoms with Crippen LogP contribution in [0.5, 0.6) is 0 Å². The minimum absolute atomic E-state index is 0.0102. The molecule has 228 valence electrons. The van der Waals surface area contributed by atoms with E-state index in [1.54, 1.807) is 11.6 Å². The highest BCUT2D eigenvalue weighted by molar-refractivity contribution is 7.11. The lowest BCUT2D eigenvalue weighted by Crippen LogP contribution is -2.49. The molecule has 1 amide bonds. The van der Waals surface area contributed by atoms with E-state index in [0.29, 0.717) is 10.0 Å². The number of hydrogen-bond donors (Lipinski definition) is 2. The number of nitrogens with one attached hydrogen (secondary N) is 1. The first-order valence-electron chi connectivity index (χ1n) is 13.0. The van der Waals surface area contributed by atoms with Gasteiger partial charge >= 0.3 is 11.9 Å². The molecule has 0 bridgehead atoms. The Labute approximate surface area is 252 Å². The summed E-state index contributed by atoms with van der Waals surface area (Å²) in [5.41, 5.74) is -1.08. The lowest BCUT2D eigenvalue weighted by Gasteiger charge is -2.30. The average Bonchev–Trinajstić information content (AvgIpc) is 3.67. The van der Waals surface area contributed by atoms with Gasteiger partial charge in [-0.3, -0.25) is 19.5 Å². The number of fused-ring (bicyclic) bond motifs is 1. The van der Waals surface area contributed by atoms with Crippen molar-refractivity contribution >= 4 is 52.8 Å². The lowest BCUT2D eigenvalue weighted by molar-refractivity contribution is -0.154. The number of carboxylic acid groups (broad SMARTS) is 1. The number of ether oxygens (including phenoxy) is 1. The van der Waals surface area contributed by atoms with E-state index >= 15 is 8.78 Å². The summed E-state index contributed by atoms with van der Waals surface area (Å²) >= 11 is 7.61. The number of carbonyl (C=O) groups is 3. The van der Waals surface area contributed by atoms with Crippen LogP contribution in [-0.4, -0.2) is 88.1 Å².